The van der Waals surface area contributed by atoms with Gasteiger partial charge in [-0.15, -0.1) is 11.3 Å². The summed E-state index contributed by atoms with van der Waals surface area (Å²) in [6, 6.07) is 0. The molecule has 1 atom stereocenters. The Hall–Kier alpha value is -1.38. The van der Waals surface area contributed by atoms with Crippen molar-refractivity contribution in [2.45, 2.75) is 56.9 Å². The Morgan fingerprint density at radius 2 is 2.15 bits per heavy atom. The molecule has 1 saturated heterocycles. The minimum Gasteiger partial charge on any atom is -0.383 e. The molecule has 2 aromatic rings. The Balaban J connectivity index is 1.57. The highest BCUT2D eigenvalue weighted by Crippen LogP contribution is 2.41. The summed E-state index contributed by atoms with van der Waals surface area (Å²) in [7, 11) is 0. The molecule has 0 radical (unpaired) electrons. The highest BCUT2D eigenvalue weighted by Gasteiger charge is 2.33. The molecule has 6 nitrogen and oxygen atoms in total. The van der Waals surface area contributed by atoms with E-state index in [1.165, 1.54) is 22.2 Å². The third-order valence-corrected chi connectivity index (χ3v) is 7.31. The number of thiophene rings is 1. The Morgan fingerprint density at radius 1 is 1.38 bits per heavy atom. The molecule has 4 heterocycles. The standard InChI is InChI=1S/C18H24N4O2S2/c1-3-18(2)8-11-12(9-24-18)26-16-14(11)15(19)20-17(21-16)25-10-13(23)22-6-4-5-7-22/h3-10H2,1-2H3,(H2,19,20,21). The second-order valence-corrected chi connectivity index (χ2v) is 9.25. The molecule has 1 unspecified atom stereocenters. The van der Waals surface area contributed by atoms with E-state index in [-0.39, 0.29) is 11.5 Å². The van der Waals surface area contributed by atoms with Crippen LogP contribution in [0.3, 0.4) is 0 Å². The first kappa shape index (κ1) is 18.0. The number of carbonyl (C=O) groups excluding carboxylic acids is 1. The number of aromatic nitrogens is 2. The topological polar surface area (TPSA) is 81.3 Å². The number of carbonyl (C=O) groups is 1. The van der Waals surface area contributed by atoms with E-state index >= 15 is 0 Å². The van der Waals surface area contributed by atoms with E-state index in [0.29, 0.717) is 23.3 Å². The van der Waals surface area contributed by atoms with Gasteiger partial charge >= 0.3 is 0 Å². The molecule has 8 heteroatoms. The summed E-state index contributed by atoms with van der Waals surface area (Å²) in [5, 5.41) is 1.56. The molecule has 2 aromatic heterocycles. The monoisotopic (exact) mass is 392 g/mol. The predicted molar refractivity (Wildman–Crippen MR) is 106 cm³/mol. The van der Waals surface area contributed by atoms with Gasteiger partial charge in [0.1, 0.15) is 10.6 Å². The van der Waals surface area contributed by atoms with Gasteiger partial charge in [0.25, 0.3) is 0 Å². The third-order valence-electron chi connectivity index (χ3n) is 5.38. The molecule has 0 saturated carbocycles. The van der Waals surface area contributed by atoms with Crippen LogP contribution in [0, 0.1) is 0 Å². The zero-order chi connectivity index (χ0) is 18.3. The average molecular weight is 393 g/mol. The fourth-order valence-electron chi connectivity index (χ4n) is 3.56. The lowest BCUT2D eigenvalue weighted by molar-refractivity contribution is -0.127. The number of nitrogens with two attached hydrogens (primary N) is 1. The van der Waals surface area contributed by atoms with Crippen molar-refractivity contribution >= 4 is 45.0 Å². The van der Waals surface area contributed by atoms with Crippen molar-refractivity contribution in [2.75, 3.05) is 24.6 Å². The van der Waals surface area contributed by atoms with E-state index in [1.807, 2.05) is 4.90 Å². The minimum atomic E-state index is -0.150. The molecule has 2 aliphatic heterocycles. The molecule has 0 bridgehead atoms. The lowest BCUT2D eigenvalue weighted by atomic mass is 9.90. The smallest absolute Gasteiger partial charge is 0.233 e. The van der Waals surface area contributed by atoms with Crippen molar-refractivity contribution in [3.05, 3.63) is 10.4 Å². The first-order chi connectivity index (χ1) is 12.5. The number of hydrogen-bond donors (Lipinski definition) is 1. The Labute approximate surface area is 161 Å². The second-order valence-electron chi connectivity index (χ2n) is 7.22. The maximum Gasteiger partial charge on any atom is 0.233 e. The number of thioether (sulfide) groups is 1. The molecule has 0 aromatic carbocycles. The molecule has 4 rings (SSSR count). The molecule has 26 heavy (non-hydrogen) atoms. The van der Waals surface area contributed by atoms with Crippen LogP contribution in [0.1, 0.15) is 43.6 Å². The number of rotatable bonds is 4. The first-order valence-electron chi connectivity index (χ1n) is 9.11. The molecule has 0 aliphatic carbocycles. The second kappa shape index (κ2) is 6.98. The molecule has 1 fully saturated rings. The lowest BCUT2D eigenvalue weighted by Gasteiger charge is -2.33. The van der Waals surface area contributed by atoms with Gasteiger partial charge in [0, 0.05) is 24.4 Å². The number of fused-ring (bicyclic) bond motifs is 3. The van der Waals surface area contributed by atoms with Gasteiger partial charge in [-0.3, -0.25) is 4.79 Å². The van der Waals surface area contributed by atoms with Crippen molar-refractivity contribution < 1.29 is 9.53 Å². The molecule has 140 valence electrons. The van der Waals surface area contributed by atoms with Gasteiger partial charge in [-0.1, -0.05) is 18.7 Å². The number of amides is 1. The van der Waals surface area contributed by atoms with Gasteiger partial charge in [0.15, 0.2) is 5.16 Å². The van der Waals surface area contributed by atoms with Crippen LogP contribution in [0.5, 0.6) is 0 Å². The number of nitrogen functional groups attached to an aromatic ring is 1. The first-order valence-corrected chi connectivity index (χ1v) is 10.9. The van der Waals surface area contributed by atoms with E-state index in [1.54, 1.807) is 11.3 Å². The zero-order valence-corrected chi connectivity index (χ0v) is 16.8. The predicted octanol–water partition coefficient (Wildman–Crippen LogP) is 3.23. The van der Waals surface area contributed by atoms with Crippen molar-refractivity contribution in [3.63, 3.8) is 0 Å². The lowest BCUT2D eigenvalue weighted by Crippen LogP contribution is -2.33. The molecule has 0 spiro atoms. The van der Waals surface area contributed by atoms with E-state index in [2.05, 4.69) is 23.8 Å². The van der Waals surface area contributed by atoms with Gasteiger partial charge in [-0.05, 0) is 31.7 Å². The van der Waals surface area contributed by atoms with Crippen LogP contribution in [-0.4, -0.2) is 45.2 Å². The summed E-state index contributed by atoms with van der Waals surface area (Å²) in [6.45, 7) is 6.64. The van der Waals surface area contributed by atoms with Crippen molar-refractivity contribution in [1.82, 2.24) is 14.9 Å². The van der Waals surface area contributed by atoms with Crippen molar-refractivity contribution in [2.24, 2.45) is 0 Å². The number of likely N-dealkylation sites (tertiary alicyclic amines) is 1. The highest BCUT2D eigenvalue weighted by atomic mass is 32.2. The summed E-state index contributed by atoms with van der Waals surface area (Å²) < 4.78 is 6.04. The van der Waals surface area contributed by atoms with Gasteiger partial charge in [0.2, 0.25) is 5.91 Å². The van der Waals surface area contributed by atoms with Gasteiger partial charge < -0.3 is 15.4 Å². The van der Waals surface area contributed by atoms with Crippen LogP contribution in [0.2, 0.25) is 0 Å². The SMILES string of the molecule is CCC1(C)Cc2c(sc3nc(SCC(=O)N4CCCC4)nc(N)c23)CO1. The molecule has 2 N–H and O–H groups in total. The fraction of sp³-hybridized carbons (Fsp3) is 0.611. The van der Waals surface area contributed by atoms with Crippen LogP contribution >= 0.6 is 23.1 Å². The van der Waals surface area contributed by atoms with E-state index < -0.39 is 0 Å². The zero-order valence-electron chi connectivity index (χ0n) is 15.2. The largest absolute Gasteiger partial charge is 0.383 e. The van der Waals surface area contributed by atoms with Crippen LogP contribution in [0.15, 0.2) is 5.16 Å². The van der Waals surface area contributed by atoms with Crippen LogP contribution in [0.4, 0.5) is 5.82 Å². The van der Waals surface area contributed by atoms with Gasteiger partial charge in [-0.2, -0.15) is 0 Å². The van der Waals surface area contributed by atoms with Crippen LogP contribution in [0.25, 0.3) is 10.2 Å². The summed E-state index contributed by atoms with van der Waals surface area (Å²) in [5.74, 6) is 1.05. The Morgan fingerprint density at radius 3 is 2.88 bits per heavy atom. The molecular weight excluding hydrogens is 368 g/mol. The summed E-state index contributed by atoms with van der Waals surface area (Å²) >= 11 is 3.01. The molecular formula is C18H24N4O2S2. The van der Waals surface area contributed by atoms with E-state index in [4.69, 9.17) is 10.5 Å². The Bertz CT molecular complexity index is 847. The third kappa shape index (κ3) is 3.30. The Kier molecular flexibility index (Phi) is 4.83. The summed E-state index contributed by atoms with van der Waals surface area (Å²) in [4.78, 5) is 25.4. The van der Waals surface area contributed by atoms with Gasteiger partial charge in [-0.25, -0.2) is 9.97 Å². The number of nitrogens with zero attached hydrogens (tertiary/aromatic N) is 3. The summed E-state index contributed by atoms with van der Waals surface area (Å²) in [6.07, 6.45) is 4.00. The van der Waals surface area contributed by atoms with Crippen molar-refractivity contribution in [1.29, 1.82) is 0 Å². The van der Waals surface area contributed by atoms with E-state index in [9.17, 15) is 4.79 Å². The quantitative estimate of drug-likeness (QED) is 0.635. The summed E-state index contributed by atoms with van der Waals surface area (Å²) in [5.41, 5.74) is 7.38. The maximum atomic E-state index is 12.2. The normalized spacial score (nSPS) is 22.8. The van der Waals surface area contributed by atoms with Crippen LogP contribution < -0.4 is 5.73 Å². The van der Waals surface area contributed by atoms with E-state index in [0.717, 1.165) is 49.0 Å². The number of anilines is 1. The number of ether oxygens (including phenoxy) is 1. The highest BCUT2D eigenvalue weighted by molar-refractivity contribution is 7.99. The maximum absolute atomic E-state index is 12.2. The van der Waals surface area contributed by atoms with Crippen molar-refractivity contribution in [3.8, 4) is 0 Å². The van der Waals surface area contributed by atoms with Gasteiger partial charge in [0.05, 0.1) is 23.3 Å². The molecule has 2 aliphatic rings. The molecule has 1 amide bonds. The minimum absolute atomic E-state index is 0.150. The average Bonchev–Trinajstić information content (AvgIpc) is 3.27. The fourth-order valence-corrected chi connectivity index (χ4v) is 5.48. The number of hydrogen-bond acceptors (Lipinski definition) is 7. The van der Waals surface area contributed by atoms with Crippen LogP contribution in [-0.2, 0) is 22.6 Å².